The molecule has 0 saturated carbocycles. The van der Waals surface area contributed by atoms with Crippen LogP contribution in [0.5, 0.6) is 11.5 Å². The Balaban J connectivity index is 1.39. The first-order chi connectivity index (χ1) is 13.7. The van der Waals surface area contributed by atoms with Crippen LogP contribution >= 0.6 is 0 Å². The van der Waals surface area contributed by atoms with Crippen molar-refractivity contribution in [2.24, 2.45) is 5.92 Å². The summed E-state index contributed by atoms with van der Waals surface area (Å²) in [5, 5.41) is 6.98. The van der Waals surface area contributed by atoms with Gasteiger partial charge in [-0.15, -0.1) is 0 Å². The quantitative estimate of drug-likeness (QED) is 0.678. The molecule has 3 heterocycles. The highest BCUT2D eigenvalue weighted by molar-refractivity contribution is 5.95. The summed E-state index contributed by atoms with van der Waals surface area (Å²) in [5.74, 6) is 2.38. The minimum atomic E-state index is -0.142. The molecule has 3 aromatic rings. The van der Waals surface area contributed by atoms with Gasteiger partial charge in [-0.3, -0.25) is 4.79 Å². The highest BCUT2D eigenvalue weighted by Crippen LogP contribution is 2.30. The Labute approximate surface area is 161 Å². The van der Waals surface area contributed by atoms with E-state index < -0.39 is 0 Å². The maximum absolute atomic E-state index is 12.6. The Hall–Kier alpha value is -3.69. The third-order valence-electron chi connectivity index (χ3n) is 4.53. The highest BCUT2D eigenvalue weighted by atomic mass is 16.5. The van der Waals surface area contributed by atoms with Crippen molar-refractivity contribution in [3.8, 4) is 17.3 Å². The van der Waals surface area contributed by atoms with Gasteiger partial charge in [0.25, 0.3) is 0 Å². The molecule has 1 aliphatic heterocycles. The molecular weight excluding hydrogens is 362 g/mol. The first kappa shape index (κ1) is 17.7. The van der Waals surface area contributed by atoms with Crippen LogP contribution in [0.1, 0.15) is 0 Å². The van der Waals surface area contributed by atoms with E-state index in [4.69, 9.17) is 9.47 Å². The van der Waals surface area contributed by atoms with Gasteiger partial charge < -0.3 is 19.7 Å². The molecule has 1 saturated heterocycles. The van der Waals surface area contributed by atoms with Crippen LogP contribution in [0.2, 0.25) is 0 Å². The van der Waals surface area contributed by atoms with Gasteiger partial charge in [0.05, 0.1) is 25.8 Å². The number of carbonyl (C=O) groups excluding carboxylic acids is 1. The smallest absolute Gasteiger partial charge is 0.231 e. The number of hydrogen-bond acceptors (Lipinski definition) is 8. The van der Waals surface area contributed by atoms with Gasteiger partial charge in [0.2, 0.25) is 5.91 Å². The van der Waals surface area contributed by atoms with Gasteiger partial charge in [-0.25, -0.2) is 19.6 Å². The molecule has 1 N–H and O–H groups in total. The lowest BCUT2D eigenvalue weighted by Gasteiger charge is -2.39. The summed E-state index contributed by atoms with van der Waals surface area (Å²) in [6.07, 6.45) is 4.49. The number of rotatable bonds is 6. The molecule has 1 aromatic carbocycles. The molecular formula is C18H19N7O3. The zero-order valence-corrected chi connectivity index (χ0v) is 15.4. The van der Waals surface area contributed by atoms with E-state index in [1.807, 2.05) is 11.0 Å². The van der Waals surface area contributed by atoms with Crippen molar-refractivity contribution >= 4 is 17.4 Å². The molecule has 0 radical (unpaired) electrons. The van der Waals surface area contributed by atoms with E-state index in [1.165, 1.54) is 12.7 Å². The van der Waals surface area contributed by atoms with Crippen LogP contribution in [0.15, 0.2) is 43.2 Å². The van der Waals surface area contributed by atoms with Crippen molar-refractivity contribution in [1.82, 2.24) is 24.7 Å². The average Bonchev–Trinajstić information content (AvgIpc) is 3.22. The van der Waals surface area contributed by atoms with Crippen molar-refractivity contribution in [1.29, 1.82) is 0 Å². The van der Waals surface area contributed by atoms with E-state index in [0.29, 0.717) is 36.1 Å². The van der Waals surface area contributed by atoms with E-state index >= 15 is 0 Å². The molecule has 28 heavy (non-hydrogen) atoms. The molecule has 0 unspecified atom stereocenters. The largest absolute Gasteiger partial charge is 0.497 e. The highest BCUT2D eigenvalue weighted by Gasteiger charge is 2.34. The lowest BCUT2D eigenvalue weighted by Crippen LogP contribution is -2.52. The predicted molar refractivity (Wildman–Crippen MR) is 101 cm³/mol. The maximum atomic E-state index is 12.6. The molecule has 1 fully saturated rings. The average molecular weight is 381 g/mol. The fraction of sp³-hybridized carbons (Fsp3) is 0.278. The van der Waals surface area contributed by atoms with Crippen LogP contribution in [-0.4, -0.2) is 57.9 Å². The first-order valence-electron chi connectivity index (χ1n) is 8.63. The van der Waals surface area contributed by atoms with Crippen LogP contribution in [0.25, 0.3) is 5.82 Å². The molecule has 0 spiro atoms. The summed E-state index contributed by atoms with van der Waals surface area (Å²) in [7, 11) is 3.13. The molecule has 4 rings (SSSR count). The summed E-state index contributed by atoms with van der Waals surface area (Å²) in [6, 6.07) is 7.09. The number of nitrogens with one attached hydrogen (secondary N) is 1. The Kier molecular flexibility index (Phi) is 4.75. The maximum Gasteiger partial charge on any atom is 0.231 e. The number of carbonyl (C=O) groups is 1. The number of hydrogen-bond donors (Lipinski definition) is 1. The number of benzene rings is 1. The van der Waals surface area contributed by atoms with Crippen LogP contribution in [0, 0.1) is 5.92 Å². The predicted octanol–water partition coefficient (Wildman–Crippen LogP) is 1.15. The van der Waals surface area contributed by atoms with Crippen molar-refractivity contribution in [2.75, 3.05) is 37.5 Å². The molecule has 0 bridgehead atoms. The van der Waals surface area contributed by atoms with Gasteiger partial charge >= 0.3 is 0 Å². The van der Waals surface area contributed by atoms with Crippen molar-refractivity contribution in [2.45, 2.75) is 0 Å². The zero-order valence-electron chi connectivity index (χ0n) is 15.4. The topological polar surface area (TPSA) is 107 Å². The lowest BCUT2D eigenvalue weighted by molar-refractivity contribution is -0.120. The second-order valence-electron chi connectivity index (χ2n) is 6.23. The SMILES string of the molecule is COc1ccc(NC(=O)C2CN(c3cc(-n4cncn4)ncn3)C2)c(OC)c1. The standard InChI is InChI=1S/C18H19N7O3/c1-27-13-3-4-14(15(5-13)28-2)23-18(26)12-7-24(8-12)16-6-17(21-10-20-16)25-11-19-9-22-25/h3-6,9-12H,7-8H2,1-2H3,(H,23,26). The number of amides is 1. The van der Waals surface area contributed by atoms with Crippen LogP contribution in [-0.2, 0) is 4.79 Å². The van der Waals surface area contributed by atoms with Gasteiger partial charge in [0, 0.05) is 25.2 Å². The van der Waals surface area contributed by atoms with E-state index in [-0.39, 0.29) is 11.8 Å². The third-order valence-corrected chi connectivity index (χ3v) is 4.53. The van der Waals surface area contributed by atoms with Crippen LogP contribution < -0.4 is 19.7 Å². The Morgan fingerprint density at radius 2 is 1.93 bits per heavy atom. The van der Waals surface area contributed by atoms with Gasteiger partial charge in [-0.2, -0.15) is 5.10 Å². The van der Waals surface area contributed by atoms with Gasteiger partial charge in [-0.1, -0.05) is 0 Å². The number of anilines is 2. The molecule has 0 atom stereocenters. The molecule has 1 amide bonds. The fourth-order valence-electron chi connectivity index (χ4n) is 2.93. The van der Waals surface area contributed by atoms with E-state index in [9.17, 15) is 4.79 Å². The molecule has 10 nitrogen and oxygen atoms in total. The molecule has 0 aliphatic carbocycles. The molecule has 10 heteroatoms. The Morgan fingerprint density at radius 1 is 1.11 bits per heavy atom. The summed E-state index contributed by atoms with van der Waals surface area (Å²) < 4.78 is 12.1. The number of ether oxygens (including phenoxy) is 2. The molecule has 1 aliphatic rings. The van der Waals surface area contributed by atoms with E-state index in [2.05, 4.69) is 25.4 Å². The fourth-order valence-corrected chi connectivity index (χ4v) is 2.93. The Bertz CT molecular complexity index is 971. The number of aromatic nitrogens is 5. The molecule has 144 valence electrons. The van der Waals surface area contributed by atoms with Gasteiger partial charge in [-0.05, 0) is 12.1 Å². The van der Waals surface area contributed by atoms with E-state index in [0.717, 1.165) is 5.82 Å². The zero-order chi connectivity index (χ0) is 19.5. The number of methoxy groups -OCH3 is 2. The van der Waals surface area contributed by atoms with Crippen LogP contribution in [0.3, 0.4) is 0 Å². The Morgan fingerprint density at radius 3 is 2.64 bits per heavy atom. The van der Waals surface area contributed by atoms with E-state index in [1.54, 1.807) is 43.4 Å². The lowest BCUT2D eigenvalue weighted by atomic mass is 9.99. The second-order valence-corrected chi connectivity index (χ2v) is 6.23. The third kappa shape index (κ3) is 3.43. The first-order valence-corrected chi connectivity index (χ1v) is 8.63. The summed E-state index contributed by atoms with van der Waals surface area (Å²) in [5.41, 5.74) is 0.613. The van der Waals surface area contributed by atoms with Crippen molar-refractivity contribution < 1.29 is 14.3 Å². The molecule has 2 aromatic heterocycles. The summed E-state index contributed by atoms with van der Waals surface area (Å²) in [6.45, 7) is 1.14. The van der Waals surface area contributed by atoms with Crippen LogP contribution in [0.4, 0.5) is 11.5 Å². The summed E-state index contributed by atoms with van der Waals surface area (Å²) in [4.78, 5) is 27.0. The van der Waals surface area contributed by atoms with Gasteiger partial charge in [0.15, 0.2) is 5.82 Å². The van der Waals surface area contributed by atoms with Crippen molar-refractivity contribution in [3.05, 3.63) is 43.2 Å². The normalized spacial score (nSPS) is 13.7. The minimum absolute atomic E-state index is 0.0646. The number of nitrogens with zero attached hydrogens (tertiary/aromatic N) is 6. The summed E-state index contributed by atoms with van der Waals surface area (Å²) >= 11 is 0. The van der Waals surface area contributed by atoms with Crippen molar-refractivity contribution in [3.63, 3.8) is 0 Å². The second kappa shape index (κ2) is 7.51. The van der Waals surface area contributed by atoms with Gasteiger partial charge in [0.1, 0.15) is 36.3 Å². The minimum Gasteiger partial charge on any atom is -0.497 e. The monoisotopic (exact) mass is 381 g/mol.